The van der Waals surface area contributed by atoms with Crippen LogP contribution in [-0.2, 0) is 0 Å². The second-order valence-corrected chi connectivity index (χ2v) is 3.66. The maximum Gasteiger partial charge on any atom is 0.226 e. The van der Waals surface area contributed by atoms with Crippen molar-refractivity contribution in [2.45, 2.75) is 12.8 Å². The Morgan fingerprint density at radius 1 is 1.38 bits per heavy atom. The van der Waals surface area contributed by atoms with Crippen molar-refractivity contribution in [1.29, 1.82) is 0 Å². The summed E-state index contributed by atoms with van der Waals surface area (Å²) in [5.74, 6) is 0.693. The molecule has 16 heavy (non-hydrogen) atoms. The number of oxazole rings is 1. The van der Waals surface area contributed by atoms with Crippen molar-refractivity contribution in [2.24, 2.45) is 0 Å². The van der Waals surface area contributed by atoms with Gasteiger partial charge in [-0.3, -0.25) is 0 Å². The van der Waals surface area contributed by atoms with Crippen molar-refractivity contribution in [3.8, 4) is 11.5 Å². The van der Waals surface area contributed by atoms with Crippen molar-refractivity contribution in [2.75, 3.05) is 6.61 Å². The maximum absolute atomic E-state index is 12.7. The Morgan fingerprint density at radius 2 is 2.06 bits per heavy atom. The molecule has 0 radical (unpaired) electrons. The number of aliphatic hydroxyl groups is 1. The lowest BCUT2D eigenvalue weighted by Crippen LogP contribution is -1.96. The van der Waals surface area contributed by atoms with Gasteiger partial charge in [-0.25, -0.2) is 9.37 Å². The second kappa shape index (κ2) is 4.45. The van der Waals surface area contributed by atoms with Crippen LogP contribution in [0.1, 0.15) is 18.6 Å². The number of halogens is 1. The average molecular weight is 221 g/mol. The molecule has 1 heterocycles. The maximum atomic E-state index is 12.7. The van der Waals surface area contributed by atoms with Gasteiger partial charge in [0.05, 0.1) is 12.8 Å². The second-order valence-electron chi connectivity index (χ2n) is 3.66. The van der Waals surface area contributed by atoms with E-state index in [1.165, 1.54) is 12.1 Å². The molecule has 0 aliphatic heterocycles. The predicted molar refractivity (Wildman–Crippen MR) is 57.4 cm³/mol. The number of rotatable bonds is 3. The normalized spacial score (nSPS) is 12.7. The molecule has 1 atom stereocenters. The first kappa shape index (κ1) is 10.8. The molecule has 3 nitrogen and oxygen atoms in total. The molecule has 0 aliphatic carbocycles. The van der Waals surface area contributed by atoms with Crippen LogP contribution in [-0.4, -0.2) is 16.7 Å². The van der Waals surface area contributed by atoms with Gasteiger partial charge in [-0.05, 0) is 24.3 Å². The highest BCUT2D eigenvalue weighted by Crippen LogP contribution is 2.23. The van der Waals surface area contributed by atoms with Crippen molar-refractivity contribution in [3.63, 3.8) is 0 Å². The average Bonchev–Trinajstić information content (AvgIpc) is 2.78. The van der Waals surface area contributed by atoms with Gasteiger partial charge >= 0.3 is 0 Å². The van der Waals surface area contributed by atoms with Gasteiger partial charge in [0.1, 0.15) is 11.6 Å². The molecule has 2 aromatic rings. The summed E-state index contributed by atoms with van der Waals surface area (Å²) in [6.07, 6.45) is 1.58. The van der Waals surface area contributed by atoms with Crippen LogP contribution in [0.4, 0.5) is 4.39 Å². The zero-order chi connectivity index (χ0) is 11.5. The molecule has 0 aliphatic rings. The van der Waals surface area contributed by atoms with Crippen molar-refractivity contribution < 1.29 is 13.9 Å². The third-order valence-corrected chi connectivity index (χ3v) is 2.37. The van der Waals surface area contributed by atoms with Gasteiger partial charge in [-0.2, -0.15) is 0 Å². The van der Waals surface area contributed by atoms with Crippen molar-refractivity contribution >= 4 is 0 Å². The van der Waals surface area contributed by atoms with E-state index in [0.29, 0.717) is 11.7 Å². The van der Waals surface area contributed by atoms with Crippen LogP contribution < -0.4 is 0 Å². The highest BCUT2D eigenvalue weighted by Gasteiger charge is 2.11. The van der Waals surface area contributed by atoms with Gasteiger partial charge in [0.25, 0.3) is 0 Å². The number of benzene rings is 1. The van der Waals surface area contributed by atoms with Crippen LogP contribution in [0.15, 0.2) is 34.9 Å². The SMILES string of the molecule is CC(CO)c1cnc(-c2ccc(F)cc2)o1. The minimum Gasteiger partial charge on any atom is -0.441 e. The first-order chi connectivity index (χ1) is 7.70. The Balaban J connectivity index is 2.28. The predicted octanol–water partition coefficient (Wildman–Crippen LogP) is 2.58. The molecule has 1 N–H and O–H groups in total. The van der Waals surface area contributed by atoms with Gasteiger partial charge in [-0.15, -0.1) is 0 Å². The summed E-state index contributed by atoms with van der Waals surface area (Å²) in [5, 5.41) is 8.97. The van der Waals surface area contributed by atoms with E-state index in [0.717, 1.165) is 5.56 Å². The van der Waals surface area contributed by atoms with E-state index < -0.39 is 0 Å². The topological polar surface area (TPSA) is 46.3 Å². The van der Waals surface area contributed by atoms with Crippen LogP contribution in [0.3, 0.4) is 0 Å². The van der Waals surface area contributed by atoms with Crippen molar-refractivity contribution in [3.05, 3.63) is 42.0 Å². The minimum absolute atomic E-state index is 0.0120. The Hall–Kier alpha value is -1.68. The van der Waals surface area contributed by atoms with Crippen LogP contribution in [0.25, 0.3) is 11.5 Å². The zero-order valence-electron chi connectivity index (χ0n) is 8.85. The molecule has 1 aromatic heterocycles. The van der Waals surface area contributed by atoms with Gasteiger partial charge < -0.3 is 9.52 Å². The molecule has 2 rings (SSSR count). The van der Waals surface area contributed by atoms with Crippen LogP contribution in [0.5, 0.6) is 0 Å². The molecular weight excluding hydrogens is 209 g/mol. The van der Waals surface area contributed by atoms with Gasteiger partial charge in [-0.1, -0.05) is 6.92 Å². The van der Waals surface area contributed by atoms with E-state index in [2.05, 4.69) is 4.98 Å². The van der Waals surface area contributed by atoms with E-state index >= 15 is 0 Å². The lowest BCUT2D eigenvalue weighted by molar-refractivity contribution is 0.258. The number of hydrogen-bond acceptors (Lipinski definition) is 3. The first-order valence-electron chi connectivity index (χ1n) is 5.03. The third-order valence-electron chi connectivity index (χ3n) is 2.37. The van der Waals surface area contributed by atoms with Crippen LogP contribution in [0, 0.1) is 5.82 Å². The van der Waals surface area contributed by atoms with Crippen LogP contribution >= 0.6 is 0 Å². The Labute approximate surface area is 92.6 Å². The molecule has 4 heteroatoms. The number of aliphatic hydroxyl groups excluding tert-OH is 1. The molecule has 0 bridgehead atoms. The highest BCUT2D eigenvalue weighted by molar-refractivity contribution is 5.52. The number of aromatic nitrogens is 1. The molecule has 1 unspecified atom stereocenters. The molecular formula is C12H12FNO2. The summed E-state index contributed by atoms with van der Waals surface area (Å²) in [6.45, 7) is 1.85. The number of hydrogen-bond donors (Lipinski definition) is 1. The number of nitrogens with zero attached hydrogens (tertiary/aromatic N) is 1. The lowest BCUT2D eigenvalue weighted by Gasteiger charge is -2.01. The Bertz CT molecular complexity index is 464. The van der Waals surface area contributed by atoms with Crippen molar-refractivity contribution in [1.82, 2.24) is 4.98 Å². The van der Waals surface area contributed by atoms with E-state index in [1.807, 2.05) is 6.92 Å². The lowest BCUT2D eigenvalue weighted by atomic mass is 10.1. The zero-order valence-corrected chi connectivity index (χ0v) is 8.85. The van der Waals surface area contributed by atoms with E-state index in [-0.39, 0.29) is 18.3 Å². The molecule has 0 fully saturated rings. The van der Waals surface area contributed by atoms with Gasteiger partial charge in [0, 0.05) is 11.5 Å². The minimum atomic E-state index is -0.292. The van der Waals surface area contributed by atoms with E-state index in [4.69, 9.17) is 9.52 Å². The summed E-state index contributed by atoms with van der Waals surface area (Å²) in [5.41, 5.74) is 0.720. The monoisotopic (exact) mass is 221 g/mol. The summed E-state index contributed by atoms with van der Waals surface area (Å²) >= 11 is 0. The Kier molecular flexibility index (Phi) is 3.01. The fourth-order valence-corrected chi connectivity index (χ4v) is 1.33. The van der Waals surface area contributed by atoms with Crippen LogP contribution in [0.2, 0.25) is 0 Å². The summed E-state index contributed by atoms with van der Waals surface area (Å²) < 4.78 is 18.2. The molecule has 0 amide bonds. The quantitative estimate of drug-likeness (QED) is 0.866. The molecule has 0 saturated carbocycles. The first-order valence-corrected chi connectivity index (χ1v) is 5.03. The van der Waals surface area contributed by atoms with Gasteiger partial charge in [0.2, 0.25) is 5.89 Å². The Morgan fingerprint density at radius 3 is 2.69 bits per heavy atom. The smallest absolute Gasteiger partial charge is 0.226 e. The summed E-state index contributed by atoms with van der Waals surface area (Å²) in [4.78, 5) is 4.08. The fraction of sp³-hybridized carbons (Fsp3) is 0.250. The van der Waals surface area contributed by atoms with E-state index in [1.54, 1.807) is 18.3 Å². The molecule has 1 aromatic carbocycles. The highest BCUT2D eigenvalue weighted by atomic mass is 19.1. The fourth-order valence-electron chi connectivity index (χ4n) is 1.33. The van der Waals surface area contributed by atoms with Gasteiger partial charge in [0.15, 0.2) is 0 Å². The standard InChI is InChI=1S/C12H12FNO2/c1-8(7-15)11-6-14-12(16-11)9-2-4-10(13)5-3-9/h2-6,8,15H,7H2,1H3. The summed E-state index contributed by atoms with van der Waals surface area (Å²) in [6, 6.07) is 5.92. The summed E-state index contributed by atoms with van der Waals surface area (Å²) in [7, 11) is 0. The third kappa shape index (κ3) is 2.12. The van der Waals surface area contributed by atoms with E-state index in [9.17, 15) is 4.39 Å². The molecule has 84 valence electrons. The molecule has 0 saturated heterocycles. The largest absolute Gasteiger partial charge is 0.441 e. The molecule has 0 spiro atoms.